The first-order valence-electron chi connectivity index (χ1n) is 6.51. The summed E-state index contributed by atoms with van der Waals surface area (Å²) in [4.78, 5) is 14.2. The molecular formula is C14H14N2O3S2. The first kappa shape index (κ1) is 14.1. The lowest BCUT2D eigenvalue weighted by molar-refractivity contribution is 0.227. The van der Waals surface area contributed by atoms with Gasteiger partial charge in [-0.2, -0.15) is 0 Å². The fourth-order valence-corrected chi connectivity index (χ4v) is 5.14. The van der Waals surface area contributed by atoms with Gasteiger partial charge in [-0.1, -0.05) is 30.3 Å². The van der Waals surface area contributed by atoms with Gasteiger partial charge in [0.25, 0.3) is 10.0 Å². The van der Waals surface area contributed by atoms with Crippen molar-refractivity contribution in [2.24, 2.45) is 0 Å². The van der Waals surface area contributed by atoms with Crippen LogP contribution < -0.4 is 4.90 Å². The van der Waals surface area contributed by atoms with Crippen LogP contribution in [0.15, 0.2) is 46.7 Å². The fraction of sp³-hybridized carbons (Fsp3) is 0.214. The number of rotatable bonds is 3. The number of urea groups is 1. The summed E-state index contributed by atoms with van der Waals surface area (Å²) in [6.45, 7) is 2.32. The Morgan fingerprint density at radius 3 is 2.52 bits per heavy atom. The van der Waals surface area contributed by atoms with E-state index < -0.39 is 16.1 Å². The van der Waals surface area contributed by atoms with Crippen molar-refractivity contribution >= 4 is 32.4 Å². The van der Waals surface area contributed by atoms with E-state index >= 15 is 0 Å². The van der Waals surface area contributed by atoms with E-state index in [2.05, 4.69) is 0 Å². The van der Waals surface area contributed by atoms with Crippen molar-refractivity contribution in [1.29, 1.82) is 0 Å². The number of carbonyl (C=O) groups is 1. The van der Waals surface area contributed by atoms with Crippen molar-refractivity contribution in [3.8, 4) is 0 Å². The molecule has 0 fully saturated rings. The second-order valence-electron chi connectivity index (χ2n) is 4.61. The number of hydrogen-bond donors (Lipinski definition) is 0. The number of thiophene rings is 1. The predicted molar refractivity (Wildman–Crippen MR) is 81.9 cm³/mol. The summed E-state index contributed by atoms with van der Waals surface area (Å²) in [6, 6.07) is 10.2. The number of sulfonamides is 1. The van der Waals surface area contributed by atoms with Crippen molar-refractivity contribution in [3.63, 3.8) is 0 Å². The van der Waals surface area contributed by atoms with Gasteiger partial charge in [-0.05, 0) is 23.9 Å². The van der Waals surface area contributed by atoms with Gasteiger partial charge in [0.2, 0.25) is 0 Å². The van der Waals surface area contributed by atoms with Gasteiger partial charge in [-0.3, -0.25) is 4.90 Å². The molecule has 110 valence electrons. The molecule has 7 heteroatoms. The Morgan fingerprint density at radius 2 is 1.86 bits per heavy atom. The molecule has 1 aliphatic heterocycles. The standard InChI is InChI=1S/C14H14N2O3S2/c1-2-15-13-12(8-9-20-13)21(18,19)16(14(15)17)10-11-6-4-3-5-7-11/h3-9H,2,10H2,1H3. The van der Waals surface area contributed by atoms with E-state index in [1.807, 2.05) is 37.3 Å². The fourth-order valence-electron chi connectivity index (χ4n) is 2.31. The molecule has 1 aromatic carbocycles. The van der Waals surface area contributed by atoms with Gasteiger partial charge >= 0.3 is 6.03 Å². The van der Waals surface area contributed by atoms with E-state index in [1.54, 1.807) is 11.4 Å². The quantitative estimate of drug-likeness (QED) is 0.873. The van der Waals surface area contributed by atoms with E-state index in [4.69, 9.17) is 0 Å². The van der Waals surface area contributed by atoms with Crippen molar-refractivity contribution in [2.75, 3.05) is 11.4 Å². The molecule has 0 N–H and O–H groups in total. The zero-order chi connectivity index (χ0) is 15.0. The maximum absolute atomic E-state index is 12.6. The first-order valence-corrected chi connectivity index (χ1v) is 8.83. The Morgan fingerprint density at radius 1 is 1.14 bits per heavy atom. The van der Waals surface area contributed by atoms with Crippen LogP contribution in [-0.4, -0.2) is 25.3 Å². The van der Waals surface area contributed by atoms with Crippen LogP contribution >= 0.6 is 11.3 Å². The molecule has 0 radical (unpaired) electrons. The van der Waals surface area contributed by atoms with Crippen LogP contribution in [0, 0.1) is 0 Å². The number of nitrogens with zero attached hydrogens (tertiary/aromatic N) is 2. The third-order valence-corrected chi connectivity index (χ3v) is 6.17. The lowest BCUT2D eigenvalue weighted by Crippen LogP contribution is -2.49. The molecule has 0 aliphatic carbocycles. The molecule has 0 bridgehead atoms. The van der Waals surface area contributed by atoms with E-state index in [9.17, 15) is 13.2 Å². The van der Waals surface area contributed by atoms with Gasteiger partial charge in [0, 0.05) is 6.54 Å². The average molecular weight is 322 g/mol. The number of benzene rings is 1. The second kappa shape index (κ2) is 5.16. The molecule has 1 aliphatic rings. The average Bonchev–Trinajstić information content (AvgIpc) is 2.96. The summed E-state index contributed by atoms with van der Waals surface area (Å²) in [7, 11) is -3.78. The zero-order valence-corrected chi connectivity index (χ0v) is 13.0. The minimum absolute atomic E-state index is 0.0494. The van der Waals surface area contributed by atoms with Gasteiger partial charge in [-0.15, -0.1) is 11.3 Å². The minimum atomic E-state index is -3.78. The van der Waals surface area contributed by atoms with Gasteiger partial charge in [0.15, 0.2) is 0 Å². The van der Waals surface area contributed by atoms with Crippen LogP contribution in [0.2, 0.25) is 0 Å². The number of amides is 2. The van der Waals surface area contributed by atoms with Crippen LogP contribution in [-0.2, 0) is 16.6 Å². The highest BCUT2D eigenvalue weighted by atomic mass is 32.2. The van der Waals surface area contributed by atoms with E-state index in [0.29, 0.717) is 11.5 Å². The van der Waals surface area contributed by atoms with Gasteiger partial charge < -0.3 is 0 Å². The maximum Gasteiger partial charge on any atom is 0.339 e. The third kappa shape index (κ3) is 2.22. The van der Waals surface area contributed by atoms with E-state index in [-0.39, 0.29) is 11.4 Å². The SMILES string of the molecule is CCN1C(=O)N(Cc2ccccc2)S(=O)(=O)c2ccsc21. The molecule has 0 unspecified atom stereocenters. The molecule has 2 aromatic rings. The first-order chi connectivity index (χ1) is 10.1. The molecule has 21 heavy (non-hydrogen) atoms. The monoisotopic (exact) mass is 322 g/mol. The van der Waals surface area contributed by atoms with Gasteiger partial charge in [0.1, 0.15) is 9.90 Å². The lowest BCUT2D eigenvalue weighted by atomic mass is 10.2. The van der Waals surface area contributed by atoms with Gasteiger partial charge in [0.05, 0.1) is 6.54 Å². The van der Waals surface area contributed by atoms with Crippen molar-refractivity contribution in [1.82, 2.24) is 4.31 Å². The Bertz CT molecular complexity index is 769. The summed E-state index contributed by atoms with van der Waals surface area (Å²) in [6.07, 6.45) is 0. The van der Waals surface area contributed by atoms with E-state index in [0.717, 1.165) is 9.87 Å². The molecule has 2 amide bonds. The number of fused-ring (bicyclic) bond motifs is 1. The summed E-state index contributed by atoms with van der Waals surface area (Å²) in [5.74, 6) is 0. The summed E-state index contributed by atoms with van der Waals surface area (Å²) < 4.78 is 26.2. The smallest absolute Gasteiger partial charge is 0.284 e. The predicted octanol–water partition coefficient (Wildman–Crippen LogP) is 2.90. The summed E-state index contributed by atoms with van der Waals surface area (Å²) in [5, 5.41) is 2.20. The topological polar surface area (TPSA) is 57.7 Å². The van der Waals surface area contributed by atoms with Crippen LogP contribution in [0.1, 0.15) is 12.5 Å². The number of hydrogen-bond acceptors (Lipinski definition) is 4. The molecule has 0 saturated heterocycles. The van der Waals surface area contributed by atoms with Crippen molar-refractivity contribution < 1.29 is 13.2 Å². The molecule has 2 heterocycles. The maximum atomic E-state index is 12.6. The highest BCUT2D eigenvalue weighted by Gasteiger charge is 2.41. The minimum Gasteiger partial charge on any atom is -0.284 e. The third-order valence-electron chi connectivity index (χ3n) is 3.35. The van der Waals surface area contributed by atoms with Gasteiger partial charge in [-0.25, -0.2) is 17.5 Å². The molecule has 5 nitrogen and oxygen atoms in total. The van der Waals surface area contributed by atoms with Crippen LogP contribution in [0.5, 0.6) is 0 Å². The van der Waals surface area contributed by atoms with Crippen LogP contribution in [0.3, 0.4) is 0 Å². The Kier molecular flexibility index (Phi) is 3.46. The number of anilines is 1. The van der Waals surface area contributed by atoms with Crippen LogP contribution in [0.25, 0.3) is 0 Å². The largest absolute Gasteiger partial charge is 0.339 e. The van der Waals surface area contributed by atoms with E-state index in [1.165, 1.54) is 16.2 Å². The zero-order valence-electron chi connectivity index (χ0n) is 11.4. The Hall–Kier alpha value is -1.86. The second-order valence-corrected chi connectivity index (χ2v) is 7.34. The lowest BCUT2D eigenvalue weighted by Gasteiger charge is -2.33. The number of carbonyl (C=O) groups excluding carboxylic acids is 1. The van der Waals surface area contributed by atoms with Crippen molar-refractivity contribution in [3.05, 3.63) is 47.3 Å². The molecule has 0 saturated carbocycles. The van der Waals surface area contributed by atoms with Crippen LogP contribution in [0.4, 0.5) is 9.80 Å². The molecule has 0 atom stereocenters. The Balaban J connectivity index is 2.07. The normalized spacial score (nSPS) is 16.9. The highest BCUT2D eigenvalue weighted by Crippen LogP contribution is 2.39. The molecular weight excluding hydrogens is 308 g/mol. The summed E-state index contributed by atoms with van der Waals surface area (Å²) >= 11 is 1.27. The molecule has 3 rings (SSSR count). The highest BCUT2D eigenvalue weighted by molar-refractivity contribution is 7.90. The van der Waals surface area contributed by atoms with Crippen molar-refractivity contribution in [2.45, 2.75) is 18.4 Å². The molecule has 1 aromatic heterocycles. The molecule has 0 spiro atoms. The summed E-state index contributed by atoms with van der Waals surface area (Å²) in [5.41, 5.74) is 0.782. The Labute approximate surface area is 127 Å².